The van der Waals surface area contributed by atoms with Crippen molar-refractivity contribution in [1.82, 2.24) is 15.0 Å². The molecule has 1 aromatic rings. The number of hydrogen-bond donors (Lipinski definition) is 0. The Morgan fingerprint density at radius 1 is 1.41 bits per heavy atom. The Morgan fingerprint density at radius 3 is 2.71 bits per heavy atom. The molecule has 2 rings (SSSR count). The summed E-state index contributed by atoms with van der Waals surface area (Å²) in [6.45, 7) is 0. The topological polar surface area (TPSA) is 47.8 Å². The number of aromatic nitrogens is 3. The summed E-state index contributed by atoms with van der Waals surface area (Å²) in [7, 11) is 1.76. The second kappa shape index (κ2) is 5.76. The van der Waals surface area contributed by atoms with Gasteiger partial charge in [-0.15, -0.1) is 5.10 Å². The van der Waals surface area contributed by atoms with Crippen LogP contribution in [0.3, 0.4) is 0 Å². The van der Waals surface area contributed by atoms with Crippen molar-refractivity contribution in [3.8, 4) is 0 Å². The van der Waals surface area contributed by atoms with Crippen LogP contribution in [-0.4, -0.2) is 20.8 Å². The molecule has 0 N–H and O–H groups in total. The molecule has 5 heteroatoms. The summed E-state index contributed by atoms with van der Waals surface area (Å²) in [4.78, 5) is 12.1. The van der Waals surface area contributed by atoms with Crippen molar-refractivity contribution in [1.29, 1.82) is 0 Å². The van der Waals surface area contributed by atoms with Gasteiger partial charge < -0.3 is 0 Å². The van der Waals surface area contributed by atoms with Crippen LogP contribution in [0.5, 0.6) is 0 Å². The first kappa shape index (κ1) is 12.7. The van der Waals surface area contributed by atoms with E-state index in [2.05, 4.69) is 26.2 Å². The lowest BCUT2D eigenvalue weighted by molar-refractivity contribution is 0.0960. The Bertz CT molecular complexity index is 377. The maximum Gasteiger partial charge on any atom is 0.183 e. The summed E-state index contributed by atoms with van der Waals surface area (Å²) < 4.78 is 2.11. The number of halogens is 1. The van der Waals surface area contributed by atoms with Gasteiger partial charge in [0.05, 0.1) is 0 Å². The Labute approximate surface area is 110 Å². The van der Waals surface area contributed by atoms with Crippen LogP contribution in [-0.2, 0) is 7.05 Å². The van der Waals surface area contributed by atoms with Gasteiger partial charge >= 0.3 is 0 Å². The predicted molar refractivity (Wildman–Crippen MR) is 68.8 cm³/mol. The van der Waals surface area contributed by atoms with E-state index in [-0.39, 0.29) is 5.78 Å². The van der Waals surface area contributed by atoms with Crippen molar-refractivity contribution in [2.24, 2.45) is 13.0 Å². The van der Waals surface area contributed by atoms with E-state index in [4.69, 9.17) is 0 Å². The van der Waals surface area contributed by atoms with Crippen molar-refractivity contribution in [3.05, 3.63) is 10.3 Å². The minimum Gasteiger partial charge on any atom is -0.292 e. The van der Waals surface area contributed by atoms with Gasteiger partial charge in [-0.25, -0.2) is 4.68 Å². The average molecular weight is 300 g/mol. The molecule has 1 aliphatic carbocycles. The molecule has 1 aliphatic rings. The molecule has 1 fully saturated rings. The lowest BCUT2D eigenvalue weighted by Gasteiger charge is -2.20. The van der Waals surface area contributed by atoms with Crippen molar-refractivity contribution in [2.75, 3.05) is 0 Å². The lowest BCUT2D eigenvalue weighted by atomic mass is 9.85. The predicted octanol–water partition coefficient (Wildman–Crippen LogP) is 3.12. The number of ketones is 1. The molecule has 1 saturated carbocycles. The summed E-state index contributed by atoms with van der Waals surface area (Å²) in [5.41, 5.74) is 0.598. The minimum atomic E-state index is 0.148. The number of rotatable bonds is 4. The van der Waals surface area contributed by atoms with E-state index in [0.717, 1.165) is 12.3 Å². The highest BCUT2D eigenvalue weighted by molar-refractivity contribution is 9.10. The van der Waals surface area contributed by atoms with Gasteiger partial charge in [-0.1, -0.05) is 37.3 Å². The van der Waals surface area contributed by atoms with E-state index in [1.807, 2.05) is 0 Å². The van der Waals surface area contributed by atoms with Crippen molar-refractivity contribution >= 4 is 21.7 Å². The Balaban J connectivity index is 1.89. The second-order valence-electron chi connectivity index (χ2n) is 4.82. The Kier molecular flexibility index (Phi) is 4.31. The zero-order valence-electron chi connectivity index (χ0n) is 10.2. The SMILES string of the molecule is Cn1nnc(Br)c1C(=O)CCC1CCCCC1. The van der Waals surface area contributed by atoms with E-state index in [1.165, 1.54) is 32.1 Å². The number of hydrogen-bond acceptors (Lipinski definition) is 3. The Hall–Kier alpha value is -0.710. The molecule has 0 aliphatic heterocycles. The van der Waals surface area contributed by atoms with Crippen LogP contribution in [0.2, 0.25) is 0 Å². The van der Waals surface area contributed by atoms with Gasteiger partial charge in [-0.3, -0.25) is 4.79 Å². The van der Waals surface area contributed by atoms with Crippen LogP contribution in [0, 0.1) is 5.92 Å². The molecular weight excluding hydrogens is 282 g/mol. The fraction of sp³-hybridized carbons (Fsp3) is 0.750. The van der Waals surface area contributed by atoms with Crippen molar-refractivity contribution in [3.63, 3.8) is 0 Å². The molecule has 0 bridgehead atoms. The van der Waals surface area contributed by atoms with Crippen LogP contribution >= 0.6 is 15.9 Å². The standard InChI is InChI=1S/C12H18BrN3O/c1-16-11(12(13)14-15-16)10(17)8-7-9-5-3-2-4-6-9/h9H,2-8H2,1H3. The van der Waals surface area contributed by atoms with Crippen LogP contribution in [0.4, 0.5) is 0 Å². The molecule has 0 saturated heterocycles. The van der Waals surface area contributed by atoms with Crippen LogP contribution in [0.25, 0.3) is 0 Å². The first-order valence-electron chi connectivity index (χ1n) is 6.27. The molecule has 0 amide bonds. The third-order valence-corrected chi connectivity index (χ3v) is 4.09. The van der Waals surface area contributed by atoms with E-state index in [0.29, 0.717) is 16.7 Å². The number of Topliss-reactive ketones (excluding diaryl/α,β-unsaturated/α-hetero) is 1. The molecule has 1 aromatic heterocycles. The molecule has 0 atom stereocenters. The lowest BCUT2D eigenvalue weighted by Crippen LogP contribution is -2.12. The molecule has 0 radical (unpaired) electrons. The number of carbonyl (C=O) groups is 1. The van der Waals surface area contributed by atoms with Gasteiger partial charge in [-0.2, -0.15) is 0 Å². The first-order valence-corrected chi connectivity index (χ1v) is 7.06. The highest BCUT2D eigenvalue weighted by Crippen LogP contribution is 2.28. The molecule has 17 heavy (non-hydrogen) atoms. The van der Waals surface area contributed by atoms with E-state index in [9.17, 15) is 4.79 Å². The van der Waals surface area contributed by atoms with E-state index >= 15 is 0 Å². The number of carbonyl (C=O) groups excluding carboxylic acids is 1. The van der Waals surface area contributed by atoms with Crippen molar-refractivity contribution in [2.45, 2.75) is 44.9 Å². The highest BCUT2D eigenvalue weighted by Gasteiger charge is 2.19. The van der Waals surface area contributed by atoms with Gasteiger partial charge in [0.15, 0.2) is 10.4 Å². The fourth-order valence-corrected chi connectivity index (χ4v) is 3.11. The molecule has 4 nitrogen and oxygen atoms in total. The number of aryl methyl sites for hydroxylation is 1. The molecular formula is C12H18BrN3O. The fourth-order valence-electron chi connectivity index (χ4n) is 2.56. The second-order valence-corrected chi connectivity index (χ2v) is 5.57. The quantitative estimate of drug-likeness (QED) is 0.803. The summed E-state index contributed by atoms with van der Waals surface area (Å²) >= 11 is 3.27. The van der Waals surface area contributed by atoms with Gasteiger partial charge in [-0.05, 0) is 28.3 Å². The first-order chi connectivity index (χ1) is 8.18. The summed E-state index contributed by atoms with van der Waals surface area (Å²) in [5, 5.41) is 7.67. The summed E-state index contributed by atoms with van der Waals surface area (Å²) in [6, 6.07) is 0. The summed E-state index contributed by atoms with van der Waals surface area (Å²) in [5.74, 6) is 0.891. The third kappa shape index (κ3) is 3.15. The maximum absolute atomic E-state index is 12.1. The van der Waals surface area contributed by atoms with E-state index in [1.54, 1.807) is 11.7 Å². The minimum absolute atomic E-state index is 0.148. The molecule has 0 aromatic carbocycles. The zero-order valence-corrected chi connectivity index (χ0v) is 11.7. The van der Waals surface area contributed by atoms with Crippen LogP contribution < -0.4 is 0 Å². The smallest absolute Gasteiger partial charge is 0.183 e. The largest absolute Gasteiger partial charge is 0.292 e. The molecule has 0 unspecified atom stereocenters. The third-order valence-electron chi connectivity index (χ3n) is 3.55. The van der Waals surface area contributed by atoms with Crippen molar-refractivity contribution < 1.29 is 4.79 Å². The Morgan fingerprint density at radius 2 is 2.12 bits per heavy atom. The summed E-state index contributed by atoms with van der Waals surface area (Å²) in [6.07, 6.45) is 8.23. The molecule has 0 spiro atoms. The maximum atomic E-state index is 12.1. The van der Waals surface area contributed by atoms with Gasteiger partial charge in [0.25, 0.3) is 0 Å². The molecule has 1 heterocycles. The van der Waals surface area contributed by atoms with Gasteiger partial charge in [0.2, 0.25) is 0 Å². The monoisotopic (exact) mass is 299 g/mol. The van der Waals surface area contributed by atoms with Gasteiger partial charge in [0, 0.05) is 13.5 Å². The highest BCUT2D eigenvalue weighted by atomic mass is 79.9. The van der Waals surface area contributed by atoms with Crippen LogP contribution in [0.15, 0.2) is 4.60 Å². The normalized spacial score (nSPS) is 17.3. The van der Waals surface area contributed by atoms with Crippen LogP contribution in [0.1, 0.15) is 55.4 Å². The molecule has 94 valence electrons. The average Bonchev–Trinajstić information content (AvgIpc) is 2.67. The van der Waals surface area contributed by atoms with Gasteiger partial charge in [0.1, 0.15) is 5.69 Å². The van der Waals surface area contributed by atoms with E-state index < -0.39 is 0 Å². The zero-order chi connectivity index (χ0) is 12.3. The number of nitrogens with zero attached hydrogens (tertiary/aromatic N) is 3.